The van der Waals surface area contributed by atoms with E-state index in [-0.39, 0.29) is 35.5 Å². The van der Waals surface area contributed by atoms with Crippen molar-refractivity contribution in [3.63, 3.8) is 0 Å². The van der Waals surface area contributed by atoms with E-state index in [1.807, 2.05) is 30.3 Å². The molecule has 1 fully saturated rings. The maximum Gasteiger partial charge on any atom is 0.264 e. The lowest BCUT2D eigenvalue weighted by Crippen LogP contribution is -2.54. The normalized spacial score (nSPS) is 14.1. The van der Waals surface area contributed by atoms with E-state index in [1.54, 1.807) is 36.4 Å². The Bertz CT molecular complexity index is 1750. The number of nitrogens with one attached hydrogen (secondary N) is 1. The Morgan fingerprint density at radius 2 is 1.50 bits per heavy atom. The van der Waals surface area contributed by atoms with Crippen molar-refractivity contribution in [3.8, 4) is 0 Å². The van der Waals surface area contributed by atoms with Gasteiger partial charge in [-0.05, 0) is 72.5 Å². The van der Waals surface area contributed by atoms with Crippen molar-refractivity contribution in [1.29, 1.82) is 0 Å². The zero-order valence-corrected chi connectivity index (χ0v) is 27.3. The lowest BCUT2D eigenvalue weighted by Gasteiger charge is -2.34. The van der Waals surface area contributed by atoms with Crippen molar-refractivity contribution in [2.75, 3.05) is 10.8 Å². The number of benzene rings is 4. The molecule has 0 unspecified atom stereocenters. The largest absolute Gasteiger partial charge is 0.352 e. The third kappa shape index (κ3) is 8.26. The van der Waals surface area contributed by atoms with E-state index in [1.165, 1.54) is 29.2 Å². The molecule has 11 heteroatoms. The minimum Gasteiger partial charge on any atom is -0.352 e. The molecule has 1 aliphatic rings. The Morgan fingerprint density at radius 1 is 0.870 bits per heavy atom. The summed E-state index contributed by atoms with van der Waals surface area (Å²) in [5, 5.41) is 3.83. The number of sulfonamides is 1. The molecule has 0 aromatic heterocycles. The number of rotatable bonds is 12. The van der Waals surface area contributed by atoms with Gasteiger partial charge in [0.25, 0.3) is 10.0 Å². The lowest BCUT2D eigenvalue weighted by atomic mass is 10.0. The SMILES string of the molecule is O=C(NC1CCCC1)[C@@H](Cc1ccccc1)N(Cc1ccc(Cl)cc1Cl)C(=O)CN(c1ccc(F)cc1)S(=O)(=O)c1ccccc1. The van der Waals surface area contributed by atoms with Crippen molar-refractivity contribution in [3.05, 3.63) is 130 Å². The van der Waals surface area contributed by atoms with Gasteiger partial charge in [0, 0.05) is 29.1 Å². The topological polar surface area (TPSA) is 86.8 Å². The maximum absolute atomic E-state index is 14.5. The highest BCUT2D eigenvalue weighted by molar-refractivity contribution is 7.92. The summed E-state index contributed by atoms with van der Waals surface area (Å²) in [6.45, 7) is -0.747. The van der Waals surface area contributed by atoms with Crippen molar-refractivity contribution in [1.82, 2.24) is 10.2 Å². The number of hydrogen-bond acceptors (Lipinski definition) is 4. The number of hydrogen-bond donors (Lipinski definition) is 1. The number of carbonyl (C=O) groups excluding carboxylic acids is 2. The zero-order valence-electron chi connectivity index (χ0n) is 25.0. The quantitative estimate of drug-likeness (QED) is 0.174. The third-order valence-electron chi connectivity index (χ3n) is 8.05. The van der Waals surface area contributed by atoms with Crippen LogP contribution in [0.1, 0.15) is 36.8 Å². The molecule has 46 heavy (non-hydrogen) atoms. The Morgan fingerprint density at radius 3 is 2.13 bits per heavy atom. The van der Waals surface area contributed by atoms with E-state index >= 15 is 0 Å². The molecule has 4 aromatic carbocycles. The van der Waals surface area contributed by atoms with E-state index in [2.05, 4.69) is 5.32 Å². The molecule has 1 aliphatic carbocycles. The second kappa shape index (κ2) is 15.1. The molecule has 240 valence electrons. The van der Waals surface area contributed by atoms with E-state index in [9.17, 15) is 22.4 Å². The first kappa shape index (κ1) is 33.4. The Hall–Kier alpha value is -3.92. The van der Waals surface area contributed by atoms with E-state index in [0.717, 1.165) is 47.7 Å². The van der Waals surface area contributed by atoms with Crippen LogP contribution >= 0.6 is 23.2 Å². The standard InChI is InChI=1S/C35H34Cl2FN3O4S/c36-27-16-15-26(32(37)22-27)23-40(33(21-25-9-3-1-4-10-25)35(43)39-29-11-7-8-12-29)34(42)24-41(30-19-17-28(38)18-20-30)46(44,45)31-13-5-2-6-14-31/h1-6,9-10,13-20,22,29,33H,7-8,11-12,21,23-24H2,(H,39,43)/t33-/m1/s1. The van der Waals surface area contributed by atoms with Crippen LogP contribution in [0.25, 0.3) is 0 Å². The van der Waals surface area contributed by atoms with Crippen LogP contribution in [0.2, 0.25) is 10.0 Å². The lowest BCUT2D eigenvalue weighted by molar-refractivity contribution is -0.140. The number of nitrogens with zero attached hydrogens (tertiary/aromatic N) is 2. The van der Waals surface area contributed by atoms with Crippen molar-refractivity contribution >= 4 is 50.7 Å². The monoisotopic (exact) mass is 681 g/mol. The van der Waals surface area contributed by atoms with Gasteiger partial charge in [0.1, 0.15) is 18.4 Å². The number of carbonyl (C=O) groups is 2. The minimum absolute atomic E-state index is 0.0176. The first-order valence-corrected chi connectivity index (χ1v) is 17.2. The van der Waals surface area contributed by atoms with Gasteiger partial charge in [-0.3, -0.25) is 13.9 Å². The summed E-state index contributed by atoms with van der Waals surface area (Å²) in [5.41, 5.74) is 1.45. The fourth-order valence-electron chi connectivity index (χ4n) is 5.61. The van der Waals surface area contributed by atoms with Gasteiger partial charge in [-0.25, -0.2) is 12.8 Å². The van der Waals surface area contributed by atoms with Crippen LogP contribution in [-0.4, -0.2) is 43.8 Å². The van der Waals surface area contributed by atoms with Gasteiger partial charge in [0.05, 0.1) is 10.6 Å². The Balaban J connectivity index is 1.57. The molecule has 0 bridgehead atoms. The zero-order chi connectivity index (χ0) is 32.7. The van der Waals surface area contributed by atoms with Crippen LogP contribution in [-0.2, 0) is 32.6 Å². The fraction of sp³-hybridized carbons (Fsp3) is 0.257. The summed E-state index contributed by atoms with van der Waals surface area (Å²) in [5.74, 6) is -1.54. The number of anilines is 1. The minimum atomic E-state index is -4.29. The van der Waals surface area contributed by atoms with Gasteiger partial charge in [0.2, 0.25) is 11.8 Å². The number of halogens is 3. The average molecular weight is 683 g/mol. The van der Waals surface area contributed by atoms with Gasteiger partial charge >= 0.3 is 0 Å². The third-order valence-corrected chi connectivity index (χ3v) is 10.4. The molecule has 1 N–H and O–H groups in total. The molecule has 4 aromatic rings. The molecule has 0 heterocycles. The molecule has 0 aliphatic heterocycles. The second-order valence-electron chi connectivity index (χ2n) is 11.3. The van der Waals surface area contributed by atoms with Crippen molar-refractivity contribution in [2.45, 2.75) is 55.6 Å². The fourth-order valence-corrected chi connectivity index (χ4v) is 7.51. The summed E-state index contributed by atoms with van der Waals surface area (Å²) in [6.07, 6.45) is 3.86. The first-order valence-electron chi connectivity index (χ1n) is 15.0. The van der Waals surface area contributed by atoms with Gasteiger partial charge in [-0.1, -0.05) is 90.6 Å². The smallest absolute Gasteiger partial charge is 0.264 e. The molecule has 1 atom stereocenters. The highest BCUT2D eigenvalue weighted by Crippen LogP contribution is 2.28. The first-order chi connectivity index (χ1) is 22.1. The molecular weight excluding hydrogens is 648 g/mol. The summed E-state index contributed by atoms with van der Waals surface area (Å²) < 4.78 is 42.9. The van der Waals surface area contributed by atoms with Crippen LogP contribution in [0.3, 0.4) is 0 Å². The summed E-state index contributed by atoms with van der Waals surface area (Å²) in [4.78, 5) is 29.9. The summed E-state index contributed by atoms with van der Waals surface area (Å²) in [6, 6.07) is 25.7. The van der Waals surface area contributed by atoms with E-state index in [4.69, 9.17) is 23.2 Å². The van der Waals surface area contributed by atoms with Gasteiger partial charge in [-0.15, -0.1) is 0 Å². The van der Waals surface area contributed by atoms with Gasteiger partial charge < -0.3 is 10.2 Å². The predicted molar refractivity (Wildman–Crippen MR) is 179 cm³/mol. The second-order valence-corrected chi connectivity index (χ2v) is 14.0. The summed E-state index contributed by atoms with van der Waals surface area (Å²) >= 11 is 12.7. The highest BCUT2D eigenvalue weighted by Gasteiger charge is 2.35. The molecule has 1 saturated carbocycles. The van der Waals surface area contributed by atoms with Gasteiger partial charge in [-0.2, -0.15) is 0 Å². The van der Waals surface area contributed by atoms with E-state index < -0.39 is 34.3 Å². The van der Waals surface area contributed by atoms with Crippen LogP contribution in [0.15, 0.2) is 108 Å². The molecule has 0 spiro atoms. The molecular formula is C35H34Cl2FN3O4S. The van der Waals surface area contributed by atoms with Crippen molar-refractivity contribution < 1.29 is 22.4 Å². The number of amides is 2. The maximum atomic E-state index is 14.5. The molecule has 7 nitrogen and oxygen atoms in total. The van der Waals surface area contributed by atoms with Gasteiger partial charge in [0.15, 0.2) is 0 Å². The predicted octanol–water partition coefficient (Wildman–Crippen LogP) is 7.03. The van der Waals surface area contributed by atoms with Crippen LogP contribution in [0.5, 0.6) is 0 Å². The van der Waals surface area contributed by atoms with E-state index in [0.29, 0.717) is 15.6 Å². The Labute approximate surface area is 279 Å². The molecule has 0 radical (unpaired) electrons. The van der Waals surface area contributed by atoms with Crippen molar-refractivity contribution in [2.24, 2.45) is 0 Å². The molecule has 5 rings (SSSR count). The van der Waals surface area contributed by atoms with Crippen LogP contribution in [0, 0.1) is 5.82 Å². The molecule has 0 saturated heterocycles. The molecule has 2 amide bonds. The average Bonchev–Trinajstić information content (AvgIpc) is 3.57. The van der Waals surface area contributed by atoms with Crippen LogP contribution < -0.4 is 9.62 Å². The van der Waals surface area contributed by atoms with Crippen LogP contribution in [0.4, 0.5) is 10.1 Å². The summed E-state index contributed by atoms with van der Waals surface area (Å²) in [7, 11) is -4.29. The highest BCUT2D eigenvalue weighted by atomic mass is 35.5. The Kier molecular flexibility index (Phi) is 11.0.